The van der Waals surface area contributed by atoms with Crippen molar-refractivity contribution in [3.05, 3.63) is 119 Å². The molecule has 0 aliphatic heterocycles. The molecule has 0 aliphatic rings. The van der Waals surface area contributed by atoms with Crippen molar-refractivity contribution in [3.63, 3.8) is 0 Å². The molecular weight excluding hydrogens is 657 g/mol. The van der Waals surface area contributed by atoms with E-state index >= 15 is 0 Å². The van der Waals surface area contributed by atoms with Gasteiger partial charge in [-0.25, -0.2) is 24.2 Å². The normalized spacial score (nSPS) is 11.5. The molecule has 1 atom stereocenters. The summed E-state index contributed by atoms with van der Waals surface area (Å²) in [4.78, 5) is 56.4. The second-order valence-corrected chi connectivity index (χ2v) is 11.0. The van der Waals surface area contributed by atoms with Crippen LogP contribution in [0.1, 0.15) is 34.7 Å². The smallest absolute Gasteiger partial charge is 0.495 e. The third-order valence-electron chi connectivity index (χ3n) is 7.33. The first-order chi connectivity index (χ1) is 23.9. The van der Waals surface area contributed by atoms with Crippen LogP contribution in [0.15, 0.2) is 97.1 Å². The van der Waals surface area contributed by atoms with Gasteiger partial charge in [-0.3, -0.25) is 4.79 Å². The lowest BCUT2D eigenvalue weighted by Gasteiger charge is -2.19. The number of benzene rings is 4. The Labute approximate surface area is 286 Å². The minimum absolute atomic E-state index is 0.0139. The zero-order valence-corrected chi connectivity index (χ0v) is 27.1. The van der Waals surface area contributed by atoms with Crippen molar-refractivity contribution >= 4 is 40.9 Å². The standard InChI is InChI=1S/C36H35F3N4O7/c1-23-8-6-7-11-28(23)42-35(47)43-29-17-12-25(20-31(29)48-2)21-32(44)41-27-15-13-26(14-16-27)30(40-19-18-24-9-4-3-5-10-24)22-33(45)49-50-34(46)36(37,38)39/h3-17,20,30,40H,18-19,21-22H2,1-2H3,(H,41,44)(H2,42,43,47). The van der Waals surface area contributed by atoms with Crippen molar-refractivity contribution < 1.29 is 46.9 Å². The number of anilines is 3. The fourth-order valence-electron chi connectivity index (χ4n) is 4.80. The molecule has 262 valence electrons. The van der Waals surface area contributed by atoms with Crippen LogP contribution in [0.25, 0.3) is 0 Å². The molecule has 14 heteroatoms. The molecule has 4 aromatic rings. The van der Waals surface area contributed by atoms with E-state index in [-0.39, 0.29) is 12.3 Å². The van der Waals surface area contributed by atoms with Gasteiger partial charge >= 0.3 is 24.1 Å². The highest BCUT2D eigenvalue weighted by molar-refractivity contribution is 6.01. The summed E-state index contributed by atoms with van der Waals surface area (Å²) in [6.07, 6.45) is -5.20. The maximum atomic E-state index is 12.9. The van der Waals surface area contributed by atoms with Crippen molar-refractivity contribution in [1.29, 1.82) is 0 Å². The number of rotatable bonds is 13. The third-order valence-corrected chi connectivity index (χ3v) is 7.33. The second-order valence-electron chi connectivity index (χ2n) is 11.0. The number of alkyl halides is 3. The van der Waals surface area contributed by atoms with Crippen LogP contribution in [-0.4, -0.2) is 43.7 Å². The highest BCUT2D eigenvalue weighted by Crippen LogP contribution is 2.27. The van der Waals surface area contributed by atoms with Gasteiger partial charge in [0.05, 0.1) is 25.6 Å². The molecule has 0 radical (unpaired) electrons. The lowest BCUT2D eigenvalue weighted by Crippen LogP contribution is -2.29. The Morgan fingerprint density at radius 2 is 1.44 bits per heavy atom. The van der Waals surface area contributed by atoms with Crippen LogP contribution in [0.2, 0.25) is 0 Å². The lowest BCUT2D eigenvalue weighted by atomic mass is 10.0. The maximum absolute atomic E-state index is 12.9. The predicted molar refractivity (Wildman–Crippen MR) is 179 cm³/mol. The fourth-order valence-corrected chi connectivity index (χ4v) is 4.80. The van der Waals surface area contributed by atoms with Crippen LogP contribution in [-0.2, 0) is 37.0 Å². The summed E-state index contributed by atoms with van der Waals surface area (Å²) in [5.41, 5.74) is 4.62. The third kappa shape index (κ3) is 11.4. The van der Waals surface area contributed by atoms with Crippen LogP contribution < -0.4 is 26.0 Å². The molecule has 3 amide bonds. The second kappa shape index (κ2) is 17.5. The molecule has 1 unspecified atom stereocenters. The van der Waals surface area contributed by atoms with E-state index in [4.69, 9.17) is 4.74 Å². The van der Waals surface area contributed by atoms with Gasteiger partial charge in [-0.15, -0.1) is 0 Å². The zero-order chi connectivity index (χ0) is 36.1. The molecular formula is C36H35F3N4O7. The molecule has 0 aromatic heterocycles. The molecule has 4 rings (SSSR count). The molecule has 0 saturated heterocycles. The van der Waals surface area contributed by atoms with Crippen molar-refractivity contribution in [3.8, 4) is 5.75 Å². The van der Waals surface area contributed by atoms with E-state index in [1.54, 1.807) is 48.5 Å². The highest BCUT2D eigenvalue weighted by Gasteiger charge is 2.43. The van der Waals surface area contributed by atoms with Gasteiger partial charge in [0.15, 0.2) is 0 Å². The summed E-state index contributed by atoms with van der Waals surface area (Å²) in [6, 6.07) is 27.1. The number of nitrogens with one attached hydrogen (secondary N) is 4. The summed E-state index contributed by atoms with van der Waals surface area (Å²) < 4.78 is 42.7. The van der Waals surface area contributed by atoms with E-state index in [9.17, 15) is 32.3 Å². The molecule has 0 bridgehead atoms. The predicted octanol–water partition coefficient (Wildman–Crippen LogP) is 6.66. The van der Waals surface area contributed by atoms with Gasteiger partial charge in [0.2, 0.25) is 5.91 Å². The van der Waals surface area contributed by atoms with Gasteiger partial charge < -0.3 is 26.0 Å². The number of amides is 3. The molecule has 50 heavy (non-hydrogen) atoms. The summed E-state index contributed by atoms with van der Waals surface area (Å²) >= 11 is 0. The van der Waals surface area contributed by atoms with E-state index in [1.165, 1.54) is 7.11 Å². The van der Waals surface area contributed by atoms with Crippen LogP contribution in [0.5, 0.6) is 5.75 Å². The fraction of sp³-hybridized carbons (Fsp3) is 0.222. The average Bonchev–Trinajstić information content (AvgIpc) is 3.08. The number of hydrogen-bond donors (Lipinski definition) is 4. The SMILES string of the molecule is COc1cc(CC(=O)Nc2ccc(C(CC(=O)OOC(=O)C(F)(F)F)NCCc3ccccc3)cc2)ccc1NC(=O)Nc1ccccc1C. The number of para-hydroxylation sites is 1. The van der Waals surface area contributed by atoms with Crippen molar-refractivity contribution in [2.45, 2.75) is 38.4 Å². The van der Waals surface area contributed by atoms with Crippen molar-refractivity contribution in [2.75, 3.05) is 29.6 Å². The Morgan fingerprint density at radius 3 is 2.12 bits per heavy atom. The van der Waals surface area contributed by atoms with Gasteiger partial charge in [-0.1, -0.05) is 66.7 Å². The summed E-state index contributed by atoms with van der Waals surface area (Å²) in [7, 11) is 1.45. The first-order valence-corrected chi connectivity index (χ1v) is 15.4. The largest absolute Gasteiger partial charge is 0.495 e. The van der Waals surface area contributed by atoms with Crippen LogP contribution in [0.3, 0.4) is 0 Å². The number of urea groups is 1. The first-order valence-electron chi connectivity index (χ1n) is 15.4. The summed E-state index contributed by atoms with van der Waals surface area (Å²) in [5.74, 6) is -3.82. The maximum Gasteiger partial charge on any atom is 0.495 e. The number of hydrogen-bond acceptors (Lipinski definition) is 8. The van der Waals surface area contributed by atoms with E-state index in [0.29, 0.717) is 46.9 Å². The number of carbonyl (C=O) groups excluding carboxylic acids is 4. The Kier molecular flexibility index (Phi) is 12.9. The molecule has 0 saturated carbocycles. The molecule has 0 spiro atoms. The van der Waals surface area contributed by atoms with Crippen LogP contribution >= 0.6 is 0 Å². The highest BCUT2D eigenvalue weighted by atomic mass is 19.4. The number of halogens is 3. The molecule has 11 nitrogen and oxygen atoms in total. The molecule has 4 aromatic carbocycles. The molecule has 0 heterocycles. The monoisotopic (exact) mass is 692 g/mol. The van der Waals surface area contributed by atoms with Gasteiger partial charge in [0, 0.05) is 17.4 Å². The number of methoxy groups -OCH3 is 1. The average molecular weight is 693 g/mol. The molecule has 0 fully saturated rings. The van der Waals surface area contributed by atoms with Gasteiger partial charge in [-0.2, -0.15) is 13.2 Å². The van der Waals surface area contributed by atoms with Crippen LogP contribution in [0, 0.1) is 6.92 Å². The van der Waals surface area contributed by atoms with Crippen molar-refractivity contribution in [1.82, 2.24) is 5.32 Å². The molecule has 0 aliphatic carbocycles. The zero-order valence-electron chi connectivity index (χ0n) is 27.1. The Bertz CT molecular complexity index is 1780. The lowest BCUT2D eigenvalue weighted by molar-refractivity contribution is -0.286. The van der Waals surface area contributed by atoms with E-state index in [2.05, 4.69) is 31.0 Å². The van der Waals surface area contributed by atoms with E-state index in [1.807, 2.05) is 55.5 Å². The van der Waals surface area contributed by atoms with E-state index < -0.39 is 36.6 Å². The van der Waals surface area contributed by atoms with Gasteiger partial charge in [-0.05, 0) is 72.5 Å². The summed E-state index contributed by atoms with van der Waals surface area (Å²) in [5, 5.41) is 11.5. The topological polar surface area (TPSA) is 144 Å². The number of aryl methyl sites for hydroxylation is 1. The Hall–Kier alpha value is -5.89. The minimum Gasteiger partial charge on any atom is -0.495 e. The van der Waals surface area contributed by atoms with Crippen LogP contribution in [0.4, 0.5) is 35.0 Å². The van der Waals surface area contributed by atoms with Gasteiger partial charge in [0.1, 0.15) is 5.75 Å². The number of ether oxygens (including phenoxy) is 1. The van der Waals surface area contributed by atoms with Crippen molar-refractivity contribution in [2.24, 2.45) is 0 Å². The van der Waals surface area contributed by atoms with Gasteiger partial charge in [0.25, 0.3) is 0 Å². The number of carbonyl (C=O) groups is 4. The Morgan fingerprint density at radius 1 is 0.760 bits per heavy atom. The quantitative estimate of drug-likeness (QED) is 0.0901. The first kappa shape index (κ1) is 36.9. The summed E-state index contributed by atoms with van der Waals surface area (Å²) in [6.45, 7) is 2.28. The minimum atomic E-state index is -5.32. The molecule has 4 N–H and O–H groups in total. The Balaban J connectivity index is 1.36. The van der Waals surface area contributed by atoms with E-state index in [0.717, 1.165) is 11.1 Å².